The summed E-state index contributed by atoms with van der Waals surface area (Å²) in [5.41, 5.74) is 0.348. The third-order valence-electron chi connectivity index (χ3n) is 2.16. The van der Waals surface area contributed by atoms with Crippen LogP contribution in [0.5, 0.6) is 0 Å². The van der Waals surface area contributed by atoms with Crippen LogP contribution < -0.4 is 4.72 Å². The van der Waals surface area contributed by atoms with Crippen LogP contribution in [0.25, 0.3) is 0 Å². The molecule has 0 unspecified atom stereocenters. The van der Waals surface area contributed by atoms with Gasteiger partial charge in [-0.2, -0.15) is 8.42 Å². The van der Waals surface area contributed by atoms with Crippen molar-refractivity contribution >= 4 is 59.2 Å². The summed E-state index contributed by atoms with van der Waals surface area (Å²) in [6, 6.07) is 4.74. The summed E-state index contributed by atoms with van der Waals surface area (Å²) < 4.78 is 28.8. The first-order valence-corrected chi connectivity index (χ1v) is 8.29. The molecule has 0 radical (unpaired) electrons. The van der Waals surface area contributed by atoms with Gasteiger partial charge in [-0.1, -0.05) is 16.8 Å². The van der Waals surface area contributed by atoms with Crippen LogP contribution in [-0.2, 0) is 17.1 Å². The predicted molar refractivity (Wildman–Crippen MR) is 78.7 cm³/mol. The molecule has 0 spiro atoms. The van der Waals surface area contributed by atoms with Crippen LogP contribution in [0.15, 0.2) is 32.3 Å². The molecule has 1 N–H and O–H groups in total. The van der Waals surface area contributed by atoms with Crippen LogP contribution >= 0.6 is 43.5 Å². The van der Waals surface area contributed by atoms with Gasteiger partial charge in [-0.3, -0.25) is 4.72 Å². The largest absolute Gasteiger partial charge is 0.281 e. The van der Waals surface area contributed by atoms with Crippen LogP contribution in [0.4, 0.5) is 5.69 Å². The lowest BCUT2D eigenvalue weighted by Crippen LogP contribution is -2.17. The normalized spacial score (nSPS) is 11.6. The molecule has 0 bridgehead atoms. The fourth-order valence-corrected chi connectivity index (χ4v) is 3.95. The van der Waals surface area contributed by atoms with E-state index in [0.29, 0.717) is 15.2 Å². The number of hydrogen-bond donors (Lipinski definition) is 1. The predicted octanol–water partition coefficient (Wildman–Crippen LogP) is 2.79. The van der Waals surface area contributed by atoms with Crippen molar-refractivity contribution in [2.24, 2.45) is 7.05 Å². The molecule has 1 heterocycles. The van der Waals surface area contributed by atoms with Crippen molar-refractivity contribution in [2.45, 2.75) is 5.03 Å². The first-order valence-electron chi connectivity index (χ1n) is 4.84. The Kier molecular flexibility index (Phi) is 4.19. The molecule has 19 heavy (non-hydrogen) atoms. The van der Waals surface area contributed by atoms with Crippen LogP contribution in [0.2, 0.25) is 5.02 Å². The Morgan fingerprint density at radius 3 is 2.58 bits per heavy atom. The molecule has 0 saturated carbocycles. The summed E-state index contributed by atoms with van der Waals surface area (Å²) in [4.78, 5) is 0. The van der Waals surface area contributed by atoms with Gasteiger partial charge in [0.05, 0.1) is 10.7 Å². The van der Waals surface area contributed by atoms with Gasteiger partial charge in [0.25, 0.3) is 10.0 Å². The van der Waals surface area contributed by atoms with Gasteiger partial charge < -0.3 is 0 Å². The van der Waals surface area contributed by atoms with Crippen LogP contribution in [0.1, 0.15) is 0 Å². The Bertz CT molecular complexity index is 712. The molecule has 0 saturated heterocycles. The molecule has 0 amide bonds. The summed E-state index contributed by atoms with van der Waals surface area (Å²) in [5, 5.41) is 7.60. The maximum atomic E-state index is 12.2. The molecule has 0 aliphatic rings. The van der Waals surface area contributed by atoms with E-state index < -0.39 is 10.0 Å². The summed E-state index contributed by atoms with van der Waals surface area (Å²) in [6.07, 6.45) is 0. The number of benzene rings is 1. The topological polar surface area (TPSA) is 76.9 Å². The molecular formula is C9H7Br2ClN4O2S. The van der Waals surface area contributed by atoms with Crippen LogP contribution in [0.3, 0.4) is 0 Å². The minimum absolute atomic E-state index is 0.0634. The first-order chi connectivity index (χ1) is 8.81. The highest BCUT2D eigenvalue weighted by atomic mass is 79.9. The second-order valence-electron chi connectivity index (χ2n) is 3.54. The Hall–Kier alpha value is -0.640. The molecule has 1 aromatic carbocycles. The molecular weight excluding hydrogens is 423 g/mol. The van der Waals surface area contributed by atoms with Crippen LogP contribution in [0, 0.1) is 0 Å². The highest BCUT2D eigenvalue weighted by molar-refractivity contribution is 9.10. The Labute approximate surface area is 131 Å². The molecule has 0 aliphatic carbocycles. The molecule has 102 valence electrons. The second kappa shape index (κ2) is 5.39. The monoisotopic (exact) mass is 428 g/mol. The summed E-state index contributed by atoms with van der Waals surface area (Å²) in [6.45, 7) is 0. The van der Waals surface area contributed by atoms with Gasteiger partial charge in [0.15, 0.2) is 4.60 Å². The lowest BCUT2D eigenvalue weighted by Gasteiger charge is -2.08. The smallest absolute Gasteiger partial charge is 0.278 e. The Balaban J connectivity index is 2.39. The number of aromatic nitrogens is 3. The van der Waals surface area contributed by atoms with E-state index in [9.17, 15) is 8.42 Å². The summed E-state index contributed by atoms with van der Waals surface area (Å²) in [7, 11) is -2.31. The maximum Gasteiger partial charge on any atom is 0.281 e. The molecule has 1 aromatic heterocycles. The van der Waals surface area contributed by atoms with Gasteiger partial charge in [0, 0.05) is 11.5 Å². The molecule has 10 heteroatoms. The SMILES string of the molecule is Cn1nnc(Br)c1S(=O)(=O)Nc1ccc(Br)c(Cl)c1. The van der Waals surface area contributed by atoms with Gasteiger partial charge in [-0.15, -0.1) is 5.10 Å². The lowest BCUT2D eigenvalue weighted by atomic mass is 10.3. The van der Waals surface area contributed by atoms with Gasteiger partial charge in [0.1, 0.15) is 0 Å². The van der Waals surface area contributed by atoms with E-state index in [4.69, 9.17) is 11.6 Å². The number of sulfonamides is 1. The van der Waals surface area contributed by atoms with Gasteiger partial charge >= 0.3 is 0 Å². The van der Waals surface area contributed by atoms with E-state index in [0.717, 1.165) is 4.68 Å². The quantitative estimate of drug-likeness (QED) is 0.813. The van der Waals surface area contributed by atoms with E-state index in [1.807, 2.05) is 0 Å². The van der Waals surface area contributed by atoms with E-state index in [1.165, 1.54) is 13.1 Å². The van der Waals surface area contributed by atoms with Crippen molar-refractivity contribution in [1.29, 1.82) is 0 Å². The molecule has 2 aromatic rings. The number of hydrogen-bond acceptors (Lipinski definition) is 4. The van der Waals surface area contributed by atoms with Gasteiger partial charge in [-0.05, 0) is 50.1 Å². The number of halogens is 3. The summed E-state index contributed by atoms with van der Waals surface area (Å²) >= 11 is 12.2. The Morgan fingerprint density at radius 2 is 2.05 bits per heavy atom. The Morgan fingerprint density at radius 1 is 1.37 bits per heavy atom. The molecule has 0 aliphatic heterocycles. The number of anilines is 1. The highest BCUT2D eigenvalue weighted by Gasteiger charge is 2.24. The third kappa shape index (κ3) is 3.10. The molecule has 2 rings (SSSR count). The van der Waals surface area contributed by atoms with Gasteiger partial charge in [-0.25, -0.2) is 4.68 Å². The van der Waals surface area contributed by atoms with Crippen LogP contribution in [-0.4, -0.2) is 23.4 Å². The summed E-state index contributed by atoms with van der Waals surface area (Å²) in [5.74, 6) is 0. The minimum atomic E-state index is -3.79. The van der Waals surface area contributed by atoms with E-state index in [-0.39, 0.29) is 9.63 Å². The maximum absolute atomic E-state index is 12.2. The van der Waals surface area contributed by atoms with E-state index >= 15 is 0 Å². The van der Waals surface area contributed by atoms with Crippen molar-refractivity contribution in [3.63, 3.8) is 0 Å². The minimum Gasteiger partial charge on any atom is -0.278 e. The fraction of sp³-hybridized carbons (Fsp3) is 0.111. The number of aryl methyl sites for hydroxylation is 1. The zero-order valence-electron chi connectivity index (χ0n) is 9.43. The zero-order chi connectivity index (χ0) is 14.2. The van der Waals surface area contributed by atoms with Crippen molar-refractivity contribution in [2.75, 3.05) is 4.72 Å². The van der Waals surface area contributed by atoms with Gasteiger partial charge in [0.2, 0.25) is 5.03 Å². The number of rotatable bonds is 3. The lowest BCUT2D eigenvalue weighted by molar-refractivity contribution is 0.578. The van der Waals surface area contributed by atoms with Crippen molar-refractivity contribution in [3.8, 4) is 0 Å². The highest BCUT2D eigenvalue weighted by Crippen LogP contribution is 2.27. The zero-order valence-corrected chi connectivity index (χ0v) is 14.2. The molecule has 0 atom stereocenters. The molecule has 6 nitrogen and oxygen atoms in total. The van der Waals surface area contributed by atoms with E-state index in [2.05, 4.69) is 46.9 Å². The van der Waals surface area contributed by atoms with Crippen molar-refractivity contribution < 1.29 is 8.42 Å². The van der Waals surface area contributed by atoms with Crippen molar-refractivity contribution in [1.82, 2.24) is 15.0 Å². The second-order valence-corrected chi connectivity index (χ2v) is 7.15. The standard InChI is InChI=1S/C9H7Br2ClN4O2S/c1-16-9(8(11)13-15-16)19(17,18)14-5-2-3-6(10)7(12)4-5/h2-4,14H,1H3. The third-order valence-corrected chi connectivity index (χ3v) is 5.66. The van der Waals surface area contributed by atoms with E-state index in [1.54, 1.807) is 12.1 Å². The molecule has 0 fully saturated rings. The number of nitrogens with zero attached hydrogens (tertiary/aromatic N) is 3. The van der Waals surface area contributed by atoms with Crippen molar-refractivity contribution in [3.05, 3.63) is 32.3 Å². The fourth-order valence-electron chi connectivity index (χ4n) is 1.37. The first kappa shape index (κ1) is 14.8. The average Bonchev–Trinajstić information content (AvgIpc) is 2.64. The average molecular weight is 431 g/mol. The number of nitrogens with one attached hydrogen (secondary N) is 1.